The number of carbonyl (C=O) groups excluding carboxylic acids is 2. The van der Waals surface area contributed by atoms with Crippen LogP contribution in [0.4, 0.5) is 4.79 Å². The fraction of sp³-hybridized carbons (Fsp3) is 0.857. The molecular formula is C14H22N4O6S. The quantitative estimate of drug-likeness (QED) is 0.630. The molecule has 4 aliphatic rings. The first kappa shape index (κ1) is 17.0. The molecule has 4 rings (SSSR count). The smallest absolute Gasteiger partial charge is 0.352 e. The molecule has 2 bridgehead atoms. The van der Waals surface area contributed by atoms with E-state index in [1.54, 1.807) is 0 Å². The highest BCUT2D eigenvalue weighted by Crippen LogP contribution is 2.44. The van der Waals surface area contributed by atoms with Crippen molar-refractivity contribution in [3.63, 3.8) is 0 Å². The predicted molar refractivity (Wildman–Crippen MR) is 84.2 cm³/mol. The minimum Gasteiger partial charge on any atom is -0.352 e. The van der Waals surface area contributed by atoms with Gasteiger partial charge in [0.05, 0.1) is 13.2 Å². The summed E-state index contributed by atoms with van der Waals surface area (Å²) in [4.78, 5) is 26.4. The maximum Gasteiger partial charge on any atom is 0.420 e. The van der Waals surface area contributed by atoms with Crippen LogP contribution in [0, 0.1) is 5.41 Å². The summed E-state index contributed by atoms with van der Waals surface area (Å²) in [7, 11) is -3.30. The van der Waals surface area contributed by atoms with Crippen LogP contribution < -0.4 is 10.6 Å². The van der Waals surface area contributed by atoms with Crippen molar-refractivity contribution in [2.75, 3.05) is 26.7 Å². The first-order valence-corrected chi connectivity index (χ1v) is 9.77. The molecule has 1 saturated carbocycles. The third-order valence-corrected chi connectivity index (χ3v) is 6.46. The zero-order chi connectivity index (χ0) is 17.8. The lowest BCUT2D eigenvalue weighted by Gasteiger charge is -2.54. The maximum atomic E-state index is 12.6. The minimum absolute atomic E-state index is 0.159. The Kier molecular flexibility index (Phi) is 3.94. The van der Waals surface area contributed by atoms with Crippen molar-refractivity contribution in [2.45, 2.75) is 43.8 Å². The van der Waals surface area contributed by atoms with E-state index in [0.29, 0.717) is 18.3 Å². The lowest BCUT2D eigenvalue weighted by Crippen LogP contribution is -2.66. The average Bonchev–Trinajstić information content (AvgIpc) is 2.73. The molecule has 3 heterocycles. The molecule has 0 aromatic carbocycles. The molecule has 2 N–H and O–H groups in total. The van der Waals surface area contributed by atoms with Crippen molar-refractivity contribution in [3.8, 4) is 0 Å². The summed E-state index contributed by atoms with van der Waals surface area (Å²) in [6.45, 7) is 2.29. The van der Waals surface area contributed by atoms with E-state index < -0.39 is 28.5 Å². The van der Waals surface area contributed by atoms with Crippen LogP contribution in [-0.2, 0) is 23.7 Å². The number of carbonyl (C=O) groups is 2. The molecule has 0 unspecified atom stereocenters. The van der Waals surface area contributed by atoms with E-state index in [1.807, 2.05) is 0 Å². The van der Waals surface area contributed by atoms with E-state index in [-0.39, 0.29) is 18.5 Å². The number of nitrogens with zero attached hydrogens (tertiary/aromatic N) is 2. The lowest BCUT2D eigenvalue weighted by atomic mass is 9.61. The molecule has 140 valence electrons. The van der Waals surface area contributed by atoms with Gasteiger partial charge in [-0.2, -0.15) is 13.5 Å². The Balaban J connectivity index is 1.37. The van der Waals surface area contributed by atoms with Crippen LogP contribution in [0.3, 0.4) is 0 Å². The number of hydrogen-bond donors (Lipinski definition) is 2. The normalized spacial score (nSPS) is 31.0. The molecule has 2 atom stereocenters. The van der Waals surface area contributed by atoms with Gasteiger partial charge < -0.3 is 15.5 Å². The summed E-state index contributed by atoms with van der Waals surface area (Å²) in [6.07, 6.45) is 2.92. The predicted octanol–water partition coefficient (Wildman–Crippen LogP) is -1.05. The number of rotatable bonds is 5. The fourth-order valence-electron chi connectivity index (χ4n) is 4.28. The van der Waals surface area contributed by atoms with Gasteiger partial charge >= 0.3 is 16.4 Å². The second kappa shape index (κ2) is 5.79. The highest BCUT2D eigenvalue weighted by molar-refractivity contribution is 7.81. The van der Waals surface area contributed by atoms with E-state index in [2.05, 4.69) is 14.8 Å². The number of hydrogen-bond acceptors (Lipinski definition) is 7. The van der Waals surface area contributed by atoms with E-state index in [0.717, 1.165) is 38.1 Å². The SMILES string of the molecule is COS(=O)(=O)ON1C(=O)N2C[C@H]1CC[C@H]2C(=O)NC1CC2(CNC2)C1. The Bertz CT molecular complexity index is 685. The molecule has 3 saturated heterocycles. The number of fused-ring (bicyclic) bond motifs is 2. The molecule has 1 aliphatic carbocycles. The summed E-state index contributed by atoms with van der Waals surface area (Å²) < 4.78 is 31.9. The van der Waals surface area contributed by atoms with Gasteiger partial charge in [0.2, 0.25) is 5.91 Å². The first-order valence-electron chi connectivity index (χ1n) is 8.44. The average molecular weight is 374 g/mol. The van der Waals surface area contributed by atoms with Crippen LogP contribution in [0.25, 0.3) is 0 Å². The Labute approximate surface area is 146 Å². The van der Waals surface area contributed by atoms with Crippen molar-refractivity contribution in [1.82, 2.24) is 20.6 Å². The molecule has 0 aromatic heterocycles. The van der Waals surface area contributed by atoms with Crippen molar-refractivity contribution in [1.29, 1.82) is 0 Å². The molecule has 0 aromatic rings. The fourth-order valence-corrected chi connectivity index (χ4v) is 4.73. The van der Waals surface area contributed by atoms with Gasteiger partial charge in [-0.05, 0) is 31.1 Å². The van der Waals surface area contributed by atoms with Gasteiger partial charge in [0, 0.05) is 25.7 Å². The van der Waals surface area contributed by atoms with Crippen LogP contribution in [0.1, 0.15) is 25.7 Å². The third kappa shape index (κ3) is 2.88. The van der Waals surface area contributed by atoms with Gasteiger partial charge in [0.25, 0.3) is 0 Å². The Morgan fingerprint density at radius 3 is 2.64 bits per heavy atom. The van der Waals surface area contributed by atoms with Gasteiger partial charge in [-0.3, -0.25) is 8.98 Å². The standard InChI is InChI=1S/C14H22N4O6S/c1-23-25(21,22)24-18-10-2-3-11(17(6-10)13(18)20)12(19)16-9-4-14(5-9)7-15-8-14/h9-11,15H,2-8H2,1H3,(H,16,19)/t10-,11+/m1/s1. The molecular weight excluding hydrogens is 352 g/mol. The van der Waals surface area contributed by atoms with Crippen LogP contribution in [0.15, 0.2) is 0 Å². The number of nitrogens with one attached hydrogen (secondary N) is 2. The number of hydroxylamine groups is 2. The molecule has 25 heavy (non-hydrogen) atoms. The number of urea groups is 1. The van der Waals surface area contributed by atoms with Crippen LogP contribution in [0.5, 0.6) is 0 Å². The Morgan fingerprint density at radius 1 is 1.32 bits per heavy atom. The van der Waals surface area contributed by atoms with E-state index in [9.17, 15) is 18.0 Å². The van der Waals surface area contributed by atoms with Gasteiger partial charge in [0.15, 0.2) is 0 Å². The van der Waals surface area contributed by atoms with Crippen LogP contribution in [-0.4, -0.2) is 75.2 Å². The zero-order valence-electron chi connectivity index (χ0n) is 13.9. The third-order valence-electron chi connectivity index (χ3n) is 5.71. The lowest BCUT2D eigenvalue weighted by molar-refractivity contribution is -0.129. The monoisotopic (exact) mass is 374 g/mol. The summed E-state index contributed by atoms with van der Waals surface area (Å²) in [6, 6.07) is -1.43. The highest BCUT2D eigenvalue weighted by Gasteiger charge is 2.52. The summed E-state index contributed by atoms with van der Waals surface area (Å²) in [5.41, 5.74) is 0.359. The molecule has 4 fully saturated rings. The van der Waals surface area contributed by atoms with Crippen molar-refractivity contribution >= 4 is 22.3 Å². The highest BCUT2D eigenvalue weighted by atomic mass is 32.3. The molecule has 3 amide bonds. The van der Waals surface area contributed by atoms with Crippen molar-refractivity contribution in [2.24, 2.45) is 5.41 Å². The molecule has 1 spiro atoms. The van der Waals surface area contributed by atoms with Crippen LogP contribution in [0.2, 0.25) is 0 Å². The zero-order valence-corrected chi connectivity index (χ0v) is 14.8. The van der Waals surface area contributed by atoms with E-state index in [1.165, 1.54) is 4.90 Å². The Morgan fingerprint density at radius 2 is 2.04 bits per heavy atom. The largest absolute Gasteiger partial charge is 0.420 e. The van der Waals surface area contributed by atoms with Gasteiger partial charge in [-0.15, -0.1) is 4.28 Å². The molecule has 3 aliphatic heterocycles. The minimum atomic E-state index is -4.26. The topological polar surface area (TPSA) is 117 Å². The molecule has 11 heteroatoms. The van der Waals surface area contributed by atoms with Gasteiger partial charge in [-0.25, -0.2) is 4.79 Å². The second-order valence-corrected chi connectivity index (χ2v) is 8.67. The summed E-state index contributed by atoms with van der Waals surface area (Å²) >= 11 is 0. The van der Waals surface area contributed by atoms with Gasteiger partial charge in [0.1, 0.15) is 6.04 Å². The maximum absolute atomic E-state index is 12.6. The Hall–Kier alpha value is -1.43. The summed E-state index contributed by atoms with van der Waals surface area (Å²) in [5, 5.41) is 7.09. The van der Waals surface area contributed by atoms with Crippen molar-refractivity contribution in [3.05, 3.63) is 0 Å². The number of piperidine rings is 1. The van der Waals surface area contributed by atoms with Crippen LogP contribution >= 0.6 is 0 Å². The van der Waals surface area contributed by atoms with E-state index in [4.69, 9.17) is 4.28 Å². The van der Waals surface area contributed by atoms with E-state index >= 15 is 0 Å². The second-order valence-electron chi connectivity index (χ2n) is 7.37. The van der Waals surface area contributed by atoms with Crippen molar-refractivity contribution < 1.29 is 26.5 Å². The molecule has 0 radical (unpaired) electrons. The first-order chi connectivity index (χ1) is 11.8. The number of amides is 3. The summed E-state index contributed by atoms with van der Waals surface area (Å²) in [5.74, 6) is -0.171. The molecule has 10 nitrogen and oxygen atoms in total. The van der Waals surface area contributed by atoms with Gasteiger partial charge in [-0.1, -0.05) is 0 Å².